The summed E-state index contributed by atoms with van der Waals surface area (Å²) in [5, 5.41) is 1.83. The van der Waals surface area contributed by atoms with E-state index >= 15 is 0 Å². The fourth-order valence-corrected chi connectivity index (χ4v) is 2.29. The van der Waals surface area contributed by atoms with Crippen LogP contribution in [0.4, 0.5) is 0 Å². The summed E-state index contributed by atoms with van der Waals surface area (Å²) in [7, 11) is 1.36. The van der Waals surface area contributed by atoms with Crippen molar-refractivity contribution in [1.82, 2.24) is 4.98 Å². The Morgan fingerprint density at radius 1 is 1.21 bits per heavy atom. The van der Waals surface area contributed by atoms with Gasteiger partial charge in [-0.2, -0.15) is 0 Å². The van der Waals surface area contributed by atoms with Gasteiger partial charge in [-0.05, 0) is 24.3 Å². The molecule has 0 saturated heterocycles. The highest BCUT2D eigenvalue weighted by atomic mass is 16.5. The molecule has 0 aliphatic heterocycles. The third kappa shape index (κ3) is 1.69. The minimum atomic E-state index is -0.382. The Bertz CT molecular complexity index is 802. The molecule has 0 radical (unpaired) electrons. The number of carbonyl (C=O) groups is 2. The van der Waals surface area contributed by atoms with Crippen LogP contribution in [0.1, 0.15) is 20.7 Å². The predicted octanol–water partition coefficient (Wildman–Crippen LogP) is 2.92. The summed E-state index contributed by atoms with van der Waals surface area (Å²) in [4.78, 5) is 25.8. The molecule has 0 amide bonds. The summed E-state index contributed by atoms with van der Waals surface area (Å²) >= 11 is 0. The molecule has 0 bridgehead atoms. The Kier molecular flexibility index (Phi) is 2.56. The monoisotopic (exact) mass is 253 g/mol. The zero-order valence-corrected chi connectivity index (χ0v) is 10.3. The first-order valence-corrected chi connectivity index (χ1v) is 5.82. The molecule has 2 aromatic carbocycles. The van der Waals surface area contributed by atoms with Crippen LogP contribution in [-0.4, -0.2) is 24.3 Å². The zero-order valence-electron chi connectivity index (χ0n) is 10.3. The fraction of sp³-hybridized carbons (Fsp3) is 0.0667. The van der Waals surface area contributed by atoms with E-state index < -0.39 is 0 Å². The van der Waals surface area contributed by atoms with E-state index in [4.69, 9.17) is 4.74 Å². The van der Waals surface area contributed by atoms with Crippen LogP contribution in [0.2, 0.25) is 0 Å². The molecule has 3 aromatic rings. The average Bonchev–Trinajstić information content (AvgIpc) is 2.83. The van der Waals surface area contributed by atoms with E-state index in [2.05, 4.69) is 4.98 Å². The summed E-state index contributed by atoms with van der Waals surface area (Å²) in [6.45, 7) is 0. The van der Waals surface area contributed by atoms with Gasteiger partial charge >= 0.3 is 5.97 Å². The van der Waals surface area contributed by atoms with Gasteiger partial charge in [0.15, 0.2) is 0 Å². The number of para-hydroxylation sites is 1. The van der Waals surface area contributed by atoms with Crippen molar-refractivity contribution in [3.05, 3.63) is 47.5 Å². The van der Waals surface area contributed by atoms with Gasteiger partial charge in [0.05, 0.1) is 18.2 Å². The van der Waals surface area contributed by atoms with Crippen LogP contribution in [-0.2, 0) is 4.74 Å². The largest absolute Gasteiger partial charge is 0.465 e. The highest BCUT2D eigenvalue weighted by molar-refractivity contribution is 6.14. The fourth-order valence-electron chi connectivity index (χ4n) is 2.29. The van der Waals surface area contributed by atoms with Crippen molar-refractivity contribution in [1.29, 1.82) is 0 Å². The number of aromatic amines is 1. The molecule has 0 aliphatic rings. The Morgan fingerprint density at radius 2 is 2.05 bits per heavy atom. The number of hydrogen-bond donors (Lipinski definition) is 1. The van der Waals surface area contributed by atoms with Crippen LogP contribution in [0.25, 0.3) is 21.8 Å². The van der Waals surface area contributed by atoms with E-state index in [1.54, 1.807) is 18.2 Å². The summed E-state index contributed by atoms with van der Waals surface area (Å²) in [5.41, 5.74) is 2.71. The van der Waals surface area contributed by atoms with Crippen LogP contribution in [0.15, 0.2) is 36.4 Å². The molecule has 0 spiro atoms. The molecular weight excluding hydrogens is 242 g/mol. The standard InChI is InChI=1S/C15H11NO3/c1-19-15(18)11-4-2-3-10-12-7-9(8-17)5-6-13(12)16-14(10)11/h2-8,16H,1H3. The molecule has 1 N–H and O–H groups in total. The predicted molar refractivity (Wildman–Crippen MR) is 72.5 cm³/mol. The number of ether oxygens (including phenoxy) is 1. The number of aromatic nitrogens is 1. The van der Waals surface area contributed by atoms with Gasteiger partial charge in [-0.25, -0.2) is 4.79 Å². The Hall–Kier alpha value is -2.62. The molecule has 1 aromatic heterocycles. The molecule has 19 heavy (non-hydrogen) atoms. The second-order valence-electron chi connectivity index (χ2n) is 4.27. The maximum Gasteiger partial charge on any atom is 0.339 e. The Balaban J connectivity index is 2.40. The first-order valence-electron chi connectivity index (χ1n) is 5.82. The lowest BCUT2D eigenvalue weighted by atomic mass is 10.1. The van der Waals surface area contributed by atoms with Crippen molar-refractivity contribution >= 4 is 34.1 Å². The number of aldehydes is 1. The van der Waals surface area contributed by atoms with Crippen molar-refractivity contribution in [3.8, 4) is 0 Å². The number of benzene rings is 2. The van der Waals surface area contributed by atoms with Crippen molar-refractivity contribution in [2.75, 3.05) is 7.11 Å². The average molecular weight is 253 g/mol. The SMILES string of the molecule is COC(=O)c1cccc2c1[nH]c1ccc(C=O)cc12. The van der Waals surface area contributed by atoms with Gasteiger partial charge in [-0.1, -0.05) is 12.1 Å². The first-order chi connectivity index (χ1) is 9.24. The summed E-state index contributed by atoms with van der Waals surface area (Å²) in [6, 6.07) is 10.8. The number of hydrogen-bond acceptors (Lipinski definition) is 3. The lowest BCUT2D eigenvalue weighted by molar-refractivity contribution is 0.0602. The van der Waals surface area contributed by atoms with Gasteiger partial charge in [0.2, 0.25) is 0 Å². The molecule has 4 nitrogen and oxygen atoms in total. The molecule has 0 fully saturated rings. The molecule has 1 heterocycles. The summed E-state index contributed by atoms with van der Waals surface area (Å²) in [6.07, 6.45) is 0.808. The summed E-state index contributed by atoms with van der Waals surface area (Å²) < 4.78 is 4.77. The van der Waals surface area contributed by atoms with Crippen LogP contribution < -0.4 is 0 Å². The number of esters is 1. The van der Waals surface area contributed by atoms with Crippen molar-refractivity contribution in [3.63, 3.8) is 0 Å². The highest BCUT2D eigenvalue weighted by Crippen LogP contribution is 2.28. The van der Waals surface area contributed by atoms with Gasteiger partial charge < -0.3 is 9.72 Å². The zero-order chi connectivity index (χ0) is 13.4. The van der Waals surface area contributed by atoms with E-state index in [0.29, 0.717) is 11.1 Å². The van der Waals surface area contributed by atoms with E-state index in [-0.39, 0.29) is 5.97 Å². The third-order valence-corrected chi connectivity index (χ3v) is 3.20. The van der Waals surface area contributed by atoms with Crippen molar-refractivity contribution < 1.29 is 14.3 Å². The molecule has 0 saturated carbocycles. The number of fused-ring (bicyclic) bond motifs is 3. The van der Waals surface area contributed by atoms with Crippen LogP contribution >= 0.6 is 0 Å². The minimum absolute atomic E-state index is 0.382. The van der Waals surface area contributed by atoms with E-state index in [1.165, 1.54) is 7.11 Å². The Morgan fingerprint density at radius 3 is 2.79 bits per heavy atom. The van der Waals surface area contributed by atoms with E-state index in [1.807, 2.05) is 18.2 Å². The first kappa shape index (κ1) is 11.5. The van der Waals surface area contributed by atoms with Crippen molar-refractivity contribution in [2.45, 2.75) is 0 Å². The van der Waals surface area contributed by atoms with Gasteiger partial charge in [0, 0.05) is 21.9 Å². The number of rotatable bonds is 2. The maximum atomic E-state index is 11.7. The molecule has 0 atom stereocenters. The van der Waals surface area contributed by atoms with Crippen LogP contribution in [0, 0.1) is 0 Å². The van der Waals surface area contributed by atoms with Gasteiger partial charge in [0.1, 0.15) is 6.29 Å². The van der Waals surface area contributed by atoms with Gasteiger partial charge in [-0.15, -0.1) is 0 Å². The topological polar surface area (TPSA) is 59.2 Å². The number of methoxy groups -OCH3 is 1. The highest BCUT2D eigenvalue weighted by Gasteiger charge is 2.13. The number of nitrogens with one attached hydrogen (secondary N) is 1. The molecule has 94 valence electrons. The van der Waals surface area contributed by atoms with E-state index in [9.17, 15) is 9.59 Å². The molecule has 4 heteroatoms. The minimum Gasteiger partial charge on any atom is -0.465 e. The molecule has 0 aliphatic carbocycles. The molecule has 0 unspecified atom stereocenters. The lowest BCUT2D eigenvalue weighted by Crippen LogP contribution is -2.01. The quantitative estimate of drug-likeness (QED) is 0.564. The second kappa shape index (κ2) is 4.24. The van der Waals surface area contributed by atoms with Crippen molar-refractivity contribution in [2.24, 2.45) is 0 Å². The van der Waals surface area contributed by atoms with Crippen LogP contribution in [0.3, 0.4) is 0 Å². The summed E-state index contributed by atoms with van der Waals surface area (Å²) in [5.74, 6) is -0.382. The third-order valence-electron chi connectivity index (χ3n) is 3.20. The maximum absolute atomic E-state index is 11.7. The number of H-pyrrole nitrogens is 1. The van der Waals surface area contributed by atoms with Crippen LogP contribution in [0.5, 0.6) is 0 Å². The molecule has 3 rings (SSSR count). The van der Waals surface area contributed by atoms with Gasteiger partial charge in [-0.3, -0.25) is 4.79 Å². The normalized spacial score (nSPS) is 10.8. The molecular formula is C15H11NO3. The number of carbonyl (C=O) groups excluding carboxylic acids is 2. The lowest BCUT2D eigenvalue weighted by Gasteiger charge is -2.00. The Labute approximate surface area is 109 Å². The van der Waals surface area contributed by atoms with Gasteiger partial charge in [0.25, 0.3) is 0 Å². The second-order valence-corrected chi connectivity index (χ2v) is 4.27. The van der Waals surface area contributed by atoms with E-state index in [0.717, 1.165) is 28.1 Å². The smallest absolute Gasteiger partial charge is 0.339 e.